The lowest BCUT2D eigenvalue weighted by Gasteiger charge is -2.16. The van der Waals surface area contributed by atoms with E-state index >= 15 is 0 Å². The topological polar surface area (TPSA) is 68.5 Å². The van der Waals surface area contributed by atoms with Crippen molar-refractivity contribution < 1.29 is 14.1 Å². The van der Waals surface area contributed by atoms with E-state index in [1.807, 2.05) is 29.2 Å². The number of carbonyl (C=O) groups excluding carboxylic acids is 1. The number of hydrogen-bond donors (Lipinski definition) is 0. The van der Waals surface area contributed by atoms with Crippen molar-refractivity contribution in [2.45, 2.75) is 25.7 Å². The second-order valence-electron chi connectivity index (χ2n) is 7.17. The Bertz CT molecular complexity index is 982. The van der Waals surface area contributed by atoms with Crippen LogP contribution in [0.3, 0.4) is 0 Å². The third-order valence-corrected chi connectivity index (χ3v) is 5.09. The summed E-state index contributed by atoms with van der Waals surface area (Å²) in [7, 11) is 1.62. The molecule has 0 radical (unpaired) electrons. The molecule has 0 bridgehead atoms. The Balaban J connectivity index is 1.42. The lowest BCUT2D eigenvalue weighted by Crippen LogP contribution is -2.27. The van der Waals surface area contributed by atoms with Gasteiger partial charge in [-0.3, -0.25) is 4.79 Å². The predicted octanol–water partition coefficient (Wildman–Crippen LogP) is 3.61. The molecule has 1 fully saturated rings. The van der Waals surface area contributed by atoms with Crippen LogP contribution in [0.5, 0.6) is 5.75 Å². The van der Waals surface area contributed by atoms with Gasteiger partial charge < -0.3 is 14.2 Å². The van der Waals surface area contributed by atoms with Crippen molar-refractivity contribution in [3.05, 3.63) is 65.5 Å². The van der Waals surface area contributed by atoms with Gasteiger partial charge in [-0.2, -0.15) is 4.98 Å². The second kappa shape index (κ2) is 7.84. The van der Waals surface area contributed by atoms with E-state index in [1.54, 1.807) is 7.11 Å². The fraction of sp³-hybridized carbons (Fsp3) is 0.318. The van der Waals surface area contributed by atoms with Gasteiger partial charge in [0.25, 0.3) is 0 Å². The average Bonchev–Trinajstić information content (AvgIpc) is 3.33. The first-order chi connectivity index (χ1) is 13.6. The molecule has 1 aliphatic rings. The highest BCUT2D eigenvalue weighted by molar-refractivity contribution is 5.79. The number of ether oxygens (including phenoxy) is 1. The van der Waals surface area contributed by atoms with Crippen molar-refractivity contribution >= 4 is 5.91 Å². The molecule has 0 saturated carbocycles. The number of likely N-dealkylation sites (tertiary alicyclic amines) is 1. The number of aryl methyl sites for hydroxylation is 1. The van der Waals surface area contributed by atoms with Crippen molar-refractivity contribution in [2.75, 3.05) is 20.2 Å². The van der Waals surface area contributed by atoms with Crippen LogP contribution in [0.2, 0.25) is 0 Å². The molecule has 0 N–H and O–H groups in total. The summed E-state index contributed by atoms with van der Waals surface area (Å²) in [6, 6.07) is 15.9. The number of hydrogen-bond acceptors (Lipinski definition) is 5. The third-order valence-electron chi connectivity index (χ3n) is 5.09. The van der Waals surface area contributed by atoms with Gasteiger partial charge in [0.05, 0.1) is 13.0 Å². The lowest BCUT2D eigenvalue weighted by atomic mass is 10.1. The molecule has 1 aromatic heterocycles. The zero-order valence-corrected chi connectivity index (χ0v) is 16.1. The Labute approximate surface area is 164 Å². The molecule has 1 amide bonds. The fourth-order valence-corrected chi connectivity index (χ4v) is 3.57. The molecule has 1 unspecified atom stereocenters. The lowest BCUT2D eigenvalue weighted by molar-refractivity contribution is -0.127. The number of amides is 1. The highest BCUT2D eigenvalue weighted by Crippen LogP contribution is 2.29. The number of rotatable bonds is 6. The smallest absolute Gasteiger partial charge is 0.232 e. The van der Waals surface area contributed by atoms with E-state index in [0.717, 1.165) is 17.7 Å². The molecular weight excluding hydrogens is 354 g/mol. The van der Waals surface area contributed by atoms with Crippen LogP contribution >= 0.6 is 0 Å². The van der Waals surface area contributed by atoms with Crippen LogP contribution < -0.4 is 4.74 Å². The van der Waals surface area contributed by atoms with Gasteiger partial charge >= 0.3 is 0 Å². The molecule has 2 aromatic carbocycles. The Morgan fingerprint density at radius 3 is 2.89 bits per heavy atom. The molecule has 6 heteroatoms. The van der Waals surface area contributed by atoms with Crippen LogP contribution in [0.1, 0.15) is 29.4 Å². The van der Waals surface area contributed by atoms with Gasteiger partial charge in [0, 0.05) is 25.1 Å². The Hall–Kier alpha value is -3.15. The summed E-state index contributed by atoms with van der Waals surface area (Å²) in [4.78, 5) is 18.8. The molecule has 0 spiro atoms. The molecule has 3 aromatic rings. The Morgan fingerprint density at radius 2 is 2.07 bits per heavy atom. The van der Waals surface area contributed by atoms with Gasteiger partial charge in [-0.1, -0.05) is 47.1 Å². The zero-order chi connectivity index (χ0) is 19.5. The molecule has 1 atom stereocenters. The van der Waals surface area contributed by atoms with E-state index in [4.69, 9.17) is 9.26 Å². The molecule has 2 heterocycles. The zero-order valence-electron chi connectivity index (χ0n) is 16.1. The maximum Gasteiger partial charge on any atom is 0.232 e. The van der Waals surface area contributed by atoms with Gasteiger partial charge in [-0.25, -0.2) is 0 Å². The average molecular weight is 377 g/mol. The fourth-order valence-electron chi connectivity index (χ4n) is 3.57. The summed E-state index contributed by atoms with van der Waals surface area (Å²) in [6.45, 7) is 3.40. The minimum Gasteiger partial charge on any atom is -0.497 e. The van der Waals surface area contributed by atoms with Crippen LogP contribution in [0.4, 0.5) is 0 Å². The first-order valence-electron chi connectivity index (χ1n) is 9.44. The summed E-state index contributed by atoms with van der Waals surface area (Å²) < 4.78 is 10.7. The Kier molecular flexibility index (Phi) is 5.10. The van der Waals surface area contributed by atoms with E-state index in [-0.39, 0.29) is 11.8 Å². The van der Waals surface area contributed by atoms with Crippen LogP contribution in [0, 0.1) is 6.92 Å². The van der Waals surface area contributed by atoms with Gasteiger partial charge in [0.1, 0.15) is 5.75 Å². The normalized spacial score (nSPS) is 16.6. The van der Waals surface area contributed by atoms with E-state index in [0.29, 0.717) is 31.2 Å². The molecule has 4 rings (SSSR count). The van der Waals surface area contributed by atoms with Crippen molar-refractivity contribution in [3.63, 3.8) is 0 Å². The van der Waals surface area contributed by atoms with Crippen molar-refractivity contribution in [3.8, 4) is 17.1 Å². The number of benzene rings is 2. The number of methoxy groups -OCH3 is 1. The van der Waals surface area contributed by atoms with Gasteiger partial charge in [-0.15, -0.1) is 0 Å². The van der Waals surface area contributed by atoms with Crippen LogP contribution in [0.15, 0.2) is 53.1 Å². The largest absolute Gasteiger partial charge is 0.497 e. The summed E-state index contributed by atoms with van der Waals surface area (Å²) in [5.74, 6) is 1.85. The Morgan fingerprint density at radius 1 is 1.21 bits per heavy atom. The molecule has 144 valence electrons. The molecular formula is C22H23N3O3. The molecule has 28 heavy (non-hydrogen) atoms. The minimum atomic E-state index is -0.0585. The number of nitrogens with zero attached hydrogens (tertiary/aromatic N) is 3. The molecule has 0 aliphatic carbocycles. The number of aromatic nitrogens is 2. The molecule has 6 nitrogen and oxygen atoms in total. The summed E-state index contributed by atoms with van der Waals surface area (Å²) >= 11 is 0. The van der Waals surface area contributed by atoms with Crippen LogP contribution in [0.25, 0.3) is 11.4 Å². The van der Waals surface area contributed by atoms with Crippen molar-refractivity contribution in [2.24, 2.45) is 0 Å². The van der Waals surface area contributed by atoms with Crippen molar-refractivity contribution in [1.29, 1.82) is 0 Å². The monoisotopic (exact) mass is 377 g/mol. The summed E-state index contributed by atoms with van der Waals surface area (Å²) in [5.41, 5.74) is 3.31. The summed E-state index contributed by atoms with van der Waals surface area (Å²) in [6.07, 6.45) is 1.26. The van der Waals surface area contributed by atoms with E-state index < -0.39 is 0 Å². The van der Waals surface area contributed by atoms with E-state index in [2.05, 4.69) is 41.3 Å². The van der Waals surface area contributed by atoms with Crippen LogP contribution in [-0.2, 0) is 11.2 Å². The SMILES string of the molecule is COc1cccc(-c2noc(C3CC(=O)N(CCc4cccc(C)c4)C3)n2)c1. The van der Waals surface area contributed by atoms with Gasteiger partial charge in [0.15, 0.2) is 0 Å². The highest BCUT2D eigenvalue weighted by Gasteiger charge is 2.34. The van der Waals surface area contributed by atoms with Gasteiger partial charge in [0.2, 0.25) is 17.6 Å². The number of carbonyl (C=O) groups is 1. The van der Waals surface area contributed by atoms with Crippen LogP contribution in [-0.4, -0.2) is 41.1 Å². The maximum atomic E-state index is 12.4. The third kappa shape index (κ3) is 3.91. The van der Waals surface area contributed by atoms with E-state index in [9.17, 15) is 4.79 Å². The first kappa shape index (κ1) is 18.2. The van der Waals surface area contributed by atoms with Gasteiger partial charge in [-0.05, 0) is 31.0 Å². The molecule has 1 aliphatic heterocycles. The predicted molar refractivity (Wildman–Crippen MR) is 105 cm³/mol. The minimum absolute atomic E-state index is 0.0585. The van der Waals surface area contributed by atoms with Crippen molar-refractivity contribution in [1.82, 2.24) is 15.0 Å². The summed E-state index contributed by atoms with van der Waals surface area (Å²) in [5, 5.41) is 4.09. The molecule has 1 saturated heterocycles. The first-order valence-corrected chi connectivity index (χ1v) is 9.44. The quantitative estimate of drug-likeness (QED) is 0.656. The van der Waals surface area contributed by atoms with E-state index in [1.165, 1.54) is 11.1 Å². The maximum absolute atomic E-state index is 12.4. The standard InChI is InChI=1S/C22H23N3O3/c1-15-5-3-6-16(11-15)9-10-25-14-18(13-20(25)26)22-23-21(24-28-22)17-7-4-8-19(12-17)27-2/h3-8,11-12,18H,9-10,13-14H2,1-2H3. The second-order valence-corrected chi connectivity index (χ2v) is 7.17. The highest BCUT2D eigenvalue weighted by atomic mass is 16.5.